The van der Waals surface area contributed by atoms with E-state index in [4.69, 9.17) is 51.1 Å². The number of hydrogen-bond acceptors (Lipinski definition) is 1. The van der Waals surface area contributed by atoms with Crippen molar-refractivity contribution in [1.82, 2.24) is 0 Å². The molecule has 0 unspecified atom stereocenters. The van der Waals surface area contributed by atoms with E-state index in [1.807, 2.05) is 0 Å². The zero-order valence-corrected chi connectivity index (χ0v) is 13.7. The van der Waals surface area contributed by atoms with Gasteiger partial charge in [0.1, 0.15) is 5.75 Å². The van der Waals surface area contributed by atoms with Crippen LogP contribution in [0, 0.1) is 0 Å². The van der Waals surface area contributed by atoms with E-state index in [0.29, 0.717) is 16.3 Å². The second kappa shape index (κ2) is 6.75. The number of ether oxygens (including phenoxy) is 1. The Labute approximate surface area is 144 Å². The predicted molar refractivity (Wildman–Crippen MR) is 82.5 cm³/mol. The molecule has 0 aliphatic rings. The molecule has 0 aliphatic heterocycles. The summed E-state index contributed by atoms with van der Waals surface area (Å²) in [6.45, 7) is 0. The van der Waals surface area contributed by atoms with Gasteiger partial charge in [0.05, 0.1) is 15.6 Å². The van der Waals surface area contributed by atoms with E-state index in [9.17, 15) is 13.2 Å². The van der Waals surface area contributed by atoms with Crippen LogP contribution in [-0.4, -0.2) is 0 Å². The average molecular weight is 390 g/mol. The van der Waals surface area contributed by atoms with E-state index in [1.165, 1.54) is 6.07 Å². The molecular weight excluding hydrogens is 383 g/mol. The summed E-state index contributed by atoms with van der Waals surface area (Å²) >= 11 is 23.3. The Hall–Kier alpha value is -0.810. The molecular formula is C14H7Cl4F3O. The molecule has 22 heavy (non-hydrogen) atoms. The lowest BCUT2D eigenvalue weighted by atomic mass is 10.2. The summed E-state index contributed by atoms with van der Waals surface area (Å²) in [5.41, 5.74) is -0.340. The molecule has 0 amide bonds. The largest absolute Gasteiger partial charge is 0.454 e. The minimum atomic E-state index is -4.54. The van der Waals surface area contributed by atoms with Crippen molar-refractivity contribution in [2.75, 3.05) is 0 Å². The highest BCUT2D eigenvalue weighted by Crippen LogP contribution is 2.42. The number of alkyl halides is 4. The van der Waals surface area contributed by atoms with Crippen LogP contribution in [0.4, 0.5) is 13.2 Å². The Morgan fingerprint density at radius 3 is 2.00 bits per heavy atom. The van der Waals surface area contributed by atoms with Crippen LogP contribution in [-0.2, 0) is 12.1 Å². The van der Waals surface area contributed by atoms with Gasteiger partial charge in [-0.1, -0.05) is 34.8 Å². The average Bonchev–Trinajstić information content (AvgIpc) is 2.43. The number of hydrogen-bond donors (Lipinski definition) is 0. The molecule has 0 radical (unpaired) electrons. The van der Waals surface area contributed by atoms with Crippen LogP contribution < -0.4 is 4.74 Å². The summed E-state index contributed by atoms with van der Waals surface area (Å²) in [7, 11) is 0. The summed E-state index contributed by atoms with van der Waals surface area (Å²) in [5, 5.41) is -0.0450. The highest BCUT2D eigenvalue weighted by Gasteiger charge is 2.32. The maximum atomic E-state index is 12.7. The van der Waals surface area contributed by atoms with Crippen molar-refractivity contribution in [2.24, 2.45) is 0 Å². The van der Waals surface area contributed by atoms with E-state index in [2.05, 4.69) is 0 Å². The Balaban J connectivity index is 2.38. The third kappa shape index (κ3) is 3.93. The zero-order chi connectivity index (χ0) is 16.5. The van der Waals surface area contributed by atoms with Gasteiger partial charge in [-0.15, -0.1) is 11.6 Å². The van der Waals surface area contributed by atoms with Crippen molar-refractivity contribution in [1.29, 1.82) is 0 Å². The predicted octanol–water partition coefficient (Wildman–Crippen LogP) is 7.20. The lowest BCUT2D eigenvalue weighted by Gasteiger charge is -2.14. The summed E-state index contributed by atoms with van der Waals surface area (Å²) in [4.78, 5) is 0. The van der Waals surface area contributed by atoms with E-state index in [1.54, 1.807) is 12.1 Å². The van der Waals surface area contributed by atoms with Crippen LogP contribution in [0.2, 0.25) is 15.1 Å². The molecule has 0 fully saturated rings. The van der Waals surface area contributed by atoms with Gasteiger partial charge in [0.25, 0.3) is 0 Å². The first-order valence-electron chi connectivity index (χ1n) is 5.81. The van der Waals surface area contributed by atoms with Gasteiger partial charge >= 0.3 is 6.18 Å². The molecule has 1 nitrogen and oxygen atoms in total. The van der Waals surface area contributed by atoms with Gasteiger partial charge in [0.15, 0.2) is 5.75 Å². The SMILES string of the molecule is FC(F)(F)c1cc(Cl)c(Oc2ccc(Cl)c(CCl)c2)c(Cl)c1. The van der Waals surface area contributed by atoms with Gasteiger partial charge in [-0.05, 0) is 35.9 Å². The molecule has 0 aliphatic carbocycles. The number of rotatable bonds is 3. The standard InChI is InChI=1S/C14H7Cl4F3O/c15-6-7-3-9(1-2-10(7)16)22-13-11(17)4-8(5-12(13)18)14(19,20)21/h1-5H,6H2. The molecule has 0 saturated heterocycles. The van der Waals surface area contributed by atoms with E-state index in [-0.39, 0.29) is 21.7 Å². The summed E-state index contributed by atoms with van der Waals surface area (Å²) in [5.74, 6) is 0.396. The monoisotopic (exact) mass is 388 g/mol. The third-order valence-electron chi connectivity index (χ3n) is 2.71. The first-order valence-corrected chi connectivity index (χ1v) is 7.47. The highest BCUT2D eigenvalue weighted by molar-refractivity contribution is 6.37. The molecule has 118 valence electrons. The minimum absolute atomic E-state index is 0.0702. The Morgan fingerprint density at radius 1 is 0.909 bits per heavy atom. The number of benzene rings is 2. The van der Waals surface area contributed by atoms with Crippen molar-refractivity contribution < 1.29 is 17.9 Å². The lowest BCUT2D eigenvalue weighted by molar-refractivity contribution is -0.137. The highest BCUT2D eigenvalue weighted by atomic mass is 35.5. The van der Waals surface area contributed by atoms with Crippen molar-refractivity contribution >= 4 is 46.4 Å². The molecule has 2 rings (SSSR count). The van der Waals surface area contributed by atoms with Crippen molar-refractivity contribution in [3.05, 3.63) is 56.5 Å². The topological polar surface area (TPSA) is 9.23 Å². The molecule has 0 aromatic heterocycles. The maximum absolute atomic E-state index is 12.7. The first-order chi connectivity index (χ1) is 10.2. The Bertz CT molecular complexity index is 678. The van der Waals surface area contributed by atoms with E-state index < -0.39 is 11.7 Å². The quantitative estimate of drug-likeness (QED) is 0.504. The fourth-order valence-corrected chi connectivity index (χ4v) is 2.69. The van der Waals surface area contributed by atoms with Gasteiger partial charge in [0.2, 0.25) is 0 Å². The van der Waals surface area contributed by atoms with Gasteiger partial charge in [0, 0.05) is 10.9 Å². The van der Waals surface area contributed by atoms with Crippen molar-refractivity contribution in [3.8, 4) is 11.5 Å². The van der Waals surface area contributed by atoms with Crippen LogP contribution >= 0.6 is 46.4 Å². The maximum Gasteiger partial charge on any atom is 0.416 e. The molecule has 0 atom stereocenters. The van der Waals surface area contributed by atoms with Gasteiger partial charge in [-0.25, -0.2) is 0 Å². The molecule has 0 bridgehead atoms. The molecule has 2 aromatic rings. The van der Waals surface area contributed by atoms with Crippen LogP contribution in [0.3, 0.4) is 0 Å². The Kier molecular flexibility index (Phi) is 5.38. The van der Waals surface area contributed by atoms with Crippen LogP contribution in [0.5, 0.6) is 11.5 Å². The smallest absolute Gasteiger partial charge is 0.416 e. The van der Waals surface area contributed by atoms with Crippen LogP contribution in [0.25, 0.3) is 0 Å². The summed E-state index contributed by atoms with van der Waals surface area (Å²) < 4.78 is 43.4. The van der Waals surface area contributed by atoms with E-state index in [0.717, 1.165) is 12.1 Å². The zero-order valence-electron chi connectivity index (χ0n) is 10.6. The van der Waals surface area contributed by atoms with E-state index >= 15 is 0 Å². The summed E-state index contributed by atoms with van der Waals surface area (Å²) in [6, 6.07) is 6.14. The normalized spacial score (nSPS) is 11.6. The fraction of sp³-hybridized carbons (Fsp3) is 0.143. The minimum Gasteiger partial charge on any atom is -0.454 e. The van der Waals surface area contributed by atoms with Crippen molar-refractivity contribution in [2.45, 2.75) is 12.1 Å². The molecule has 0 saturated carbocycles. The van der Waals surface area contributed by atoms with Crippen molar-refractivity contribution in [3.63, 3.8) is 0 Å². The second-order valence-electron chi connectivity index (χ2n) is 4.26. The molecule has 0 spiro atoms. The van der Waals surface area contributed by atoms with Crippen LogP contribution in [0.15, 0.2) is 30.3 Å². The Morgan fingerprint density at radius 2 is 1.50 bits per heavy atom. The van der Waals surface area contributed by atoms with Crippen LogP contribution in [0.1, 0.15) is 11.1 Å². The lowest BCUT2D eigenvalue weighted by Crippen LogP contribution is -2.05. The molecule has 0 heterocycles. The fourth-order valence-electron chi connectivity index (χ4n) is 1.66. The van der Waals surface area contributed by atoms with Gasteiger partial charge in [-0.2, -0.15) is 13.2 Å². The second-order valence-corrected chi connectivity index (χ2v) is 5.74. The summed E-state index contributed by atoms with van der Waals surface area (Å²) in [6.07, 6.45) is -4.54. The van der Waals surface area contributed by atoms with Gasteiger partial charge < -0.3 is 4.74 Å². The first kappa shape index (κ1) is 17.5. The molecule has 8 heteroatoms. The molecule has 0 N–H and O–H groups in total. The number of halogens is 7. The molecule has 2 aromatic carbocycles. The third-order valence-corrected chi connectivity index (χ3v) is 3.92. The van der Waals surface area contributed by atoms with Gasteiger partial charge in [-0.3, -0.25) is 0 Å².